The van der Waals surface area contributed by atoms with Gasteiger partial charge in [0.05, 0.1) is 33.0 Å². The third-order valence-electron chi connectivity index (χ3n) is 4.60. The molecule has 0 atom stereocenters. The highest BCUT2D eigenvalue weighted by Gasteiger charge is 2.16. The van der Waals surface area contributed by atoms with Crippen LogP contribution in [0.2, 0.25) is 0 Å². The first-order chi connectivity index (χ1) is 13.7. The van der Waals surface area contributed by atoms with Gasteiger partial charge in [-0.3, -0.25) is 4.79 Å². The molecule has 1 aliphatic rings. The average molecular weight is 386 g/mol. The molecule has 0 bridgehead atoms. The Balaban J connectivity index is 1.48. The number of carbonyl (C=O) groups is 1. The van der Waals surface area contributed by atoms with Crippen LogP contribution in [0.15, 0.2) is 36.5 Å². The first-order valence-electron chi connectivity index (χ1n) is 9.39. The normalized spacial score (nSPS) is 14.4. The van der Waals surface area contributed by atoms with E-state index in [1.807, 2.05) is 18.2 Å². The molecule has 1 saturated heterocycles. The maximum absolute atomic E-state index is 12.3. The van der Waals surface area contributed by atoms with Gasteiger partial charge in [0.1, 0.15) is 6.10 Å². The van der Waals surface area contributed by atoms with E-state index in [0.717, 1.165) is 18.4 Å². The minimum atomic E-state index is -0.161. The molecule has 0 radical (unpaired) electrons. The fourth-order valence-corrected chi connectivity index (χ4v) is 3.01. The minimum Gasteiger partial charge on any atom is -0.493 e. The van der Waals surface area contributed by atoms with E-state index in [2.05, 4.69) is 10.3 Å². The van der Waals surface area contributed by atoms with Crippen LogP contribution in [0.3, 0.4) is 0 Å². The standard InChI is InChI=1S/C21H26N2O5/c1-25-18-5-3-15(13-19(18)26-2)7-10-22-21(24)16-4-6-20(23-14-16)28-17-8-11-27-12-9-17/h3-6,13-14,17H,7-12H2,1-2H3,(H,22,24). The zero-order valence-electron chi connectivity index (χ0n) is 16.3. The van der Waals surface area contributed by atoms with Crippen molar-refractivity contribution in [1.29, 1.82) is 0 Å². The predicted molar refractivity (Wildman–Crippen MR) is 104 cm³/mol. The van der Waals surface area contributed by atoms with Crippen molar-refractivity contribution in [2.24, 2.45) is 0 Å². The lowest BCUT2D eigenvalue weighted by Crippen LogP contribution is -2.27. The molecule has 28 heavy (non-hydrogen) atoms. The molecule has 2 aromatic rings. The lowest BCUT2D eigenvalue weighted by atomic mass is 10.1. The molecule has 1 aliphatic heterocycles. The summed E-state index contributed by atoms with van der Waals surface area (Å²) in [5, 5.41) is 2.91. The maximum atomic E-state index is 12.3. The summed E-state index contributed by atoms with van der Waals surface area (Å²) in [6, 6.07) is 9.19. The zero-order chi connectivity index (χ0) is 19.8. The van der Waals surface area contributed by atoms with Gasteiger partial charge in [0.2, 0.25) is 5.88 Å². The molecule has 0 aliphatic carbocycles. The lowest BCUT2D eigenvalue weighted by molar-refractivity contribution is 0.0237. The Morgan fingerprint density at radius 3 is 2.61 bits per heavy atom. The summed E-state index contributed by atoms with van der Waals surface area (Å²) in [4.78, 5) is 16.6. The van der Waals surface area contributed by atoms with E-state index >= 15 is 0 Å². The number of ether oxygens (including phenoxy) is 4. The van der Waals surface area contributed by atoms with Gasteiger partial charge in [-0.2, -0.15) is 0 Å². The fraction of sp³-hybridized carbons (Fsp3) is 0.429. The fourth-order valence-electron chi connectivity index (χ4n) is 3.01. The predicted octanol–water partition coefficient (Wildman–Crippen LogP) is 2.63. The van der Waals surface area contributed by atoms with Gasteiger partial charge < -0.3 is 24.3 Å². The lowest BCUT2D eigenvalue weighted by Gasteiger charge is -2.22. The summed E-state index contributed by atoms with van der Waals surface area (Å²) < 4.78 is 21.7. The molecule has 1 N–H and O–H groups in total. The van der Waals surface area contributed by atoms with Gasteiger partial charge in [0, 0.05) is 31.6 Å². The number of nitrogens with zero attached hydrogens (tertiary/aromatic N) is 1. The molecule has 0 saturated carbocycles. The monoisotopic (exact) mass is 386 g/mol. The van der Waals surface area contributed by atoms with Crippen LogP contribution in [-0.4, -0.2) is 51.0 Å². The van der Waals surface area contributed by atoms with Gasteiger partial charge in [0.15, 0.2) is 11.5 Å². The first kappa shape index (κ1) is 19.9. The third kappa shape index (κ3) is 5.36. The summed E-state index contributed by atoms with van der Waals surface area (Å²) in [5.41, 5.74) is 1.56. The van der Waals surface area contributed by atoms with E-state index in [0.29, 0.717) is 49.1 Å². The van der Waals surface area contributed by atoms with Crippen LogP contribution in [0.25, 0.3) is 0 Å². The molecule has 1 fully saturated rings. The number of nitrogens with one attached hydrogen (secondary N) is 1. The Morgan fingerprint density at radius 2 is 1.93 bits per heavy atom. The highest BCUT2D eigenvalue weighted by molar-refractivity contribution is 5.93. The largest absolute Gasteiger partial charge is 0.493 e. The number of rotatable bonds is 8. The van der Waals surface area contributed by atoms with Gasteiger partial charge in [-0.05, 0) is 30.2 Å². The van der Waals surface area contributed by atoms with Crippen molar-refractivity contribution < 1.29 is 23.7 Å². The quantitative estimate of drug-likeness (QED) is 0.751. The number of carbonyl (C=O) groups excluding carboxylic acids is 1. The summed E-state index contributed by atoms with van der Waals surface area (Å²) in [6.07, 6.45) is 4.08. The Hall–Kier alpha value is -2.80. The Morgan fingerprint density at radius 1 is 1.14 bits per heavy atom. The number of amides is 1. The molecule has 1 amide bonds. The maximum Gasteiger partial charge on any atom is 0.252 e. The molecule has 2 heterocycles. The molecule has 1 aromatic heterocycles. The van der Waals surface area contributed by atoms with Gasteiger partial charge in [0.25, 0.3) is 5.91 Å². The van der Waals surface area contributed by atoms with Crippen LogP contribution < -0.4 is 19.5 Å². The smallest absolute Gasteiger partial charge is 0.252 e. The second-order valence-corrected chi connectivity index (χ2v) is 6.51. The van der Waals surface area contributed by atoms with Crippen molar-refractivity contribution >= 4 is 5.91 Å². The zero-order valence-corrected chi connectivity index (χ0v) is 16.3. The molecule has 3 rings (SSSR count). The Labute approximate surface area is 165 Å². The van der Waals surface area contributed by atoms with Crippen LogP contribution in [0, 0.1) is 0 Å². The van der Waals surface area contributed by atoms with Crippen molar-refractivity contribution in [3.8, 4) is 17.4 Å². The van der Waals surface area contributed by atoms with Crippen LogP contribution in [0.5, 0.6) is 17.4 Å². The van der Waals surface area contributed by atoms with Gasteiger partial charge in [-0.1, -0.05) is 6.07 Å². The van der Waals surface area contributed by atoms with Gasteiger partial charge in [-0.25, -0.2) is 4.98 Å². The molecular formula is C21H26N2O5. The van der Waals surface area contributed by atoms with Crippen molar-refractivity contribution in [2.45, 2.75) is 25.4 Å². The van der Waals surface area contributed by atoms with Crippen LogP contribution in [0.4, 0.5) is 0 Å². The van der Waals surface area contributed by atoms with Crippen LogP contribution >= 0.6 is 0 Å². The number of hydrogen-bond donors (Lipinski definition) is 1. The number of pyridine rings is 1. The number of methoxy groups -OCH3 is 2. The van der Waals surface area contributed by atoms with E-state index < -0.39 is 0 Å². The van der Waals surface area contributed by atoms with Crippen molar-refractivity contribution in [1.82, 2.24) is 10.3 Å². The highest BCUT2D eigenvalue weighted by atomic mass is 16.5. The molecule has 150 valence electrons. The number of hydrogen-bond acceptors (Lipinski definition) is 6. The van der Waals surface area contributed by atoms with E-state index in [1.165, 1.54) is 0 Å². The molecule has 0 spiro atoms. The Bertz CT molecular complexity index is 773. The van der Waals surface area contributed by atoms with E-state index in [-0.39, 0.29) is 12.0 Å². The highest BCUT2D eigenvalue weighted by Crippen LogP contribution is 2.27. The topological polar surface area (TPSA) is 78.9 Å². The van der Waals surface area contributed by atoms with Crippen LogP contribution in [-0.2, 0) is 11.2 Å². The summed E-state index contributed by atoms with van der Waals surface area (Å²) in [6.45, 7) is 1.94. The molecule has 1 aromatic carbocycles. The van der Waals surface area contributed by atoms with Crippen LogP contribution in [0.1, 0.15) is 28.8 Å². The first-order valence-corrected chi connectivity index (χ1v) is 9.39. The number of benzene rings is 1. The molecule has 7 nitrogen and oxygen atoms in total. The third-order valence-corrected chi connectivity index (χ3v) is 4.60. The van der Waals surface area contributed by atoms with Crippen molar-refractivity contribution in [3.05, 3.63) is 47.7 Å². The number of aromatic nitrogens is 1. The molecular weight excluding hydrogens is 360 g/mol. The Kier molecular flexibility index (Phi) is 7.08. The van der Waals surface area contributed by atoms with E-state index in [1.54, 1.807) is 32.5 Å². The van der Waals surface area contributed by atoms with Gasteiger partial charge >= 0.3 is 0 Å². The summed E-state index contributed by atoms with van der Waals surface area (Å²) >= 11 is 0. The second kappa shape index (κ2) is 9.94. The van der Waals surface area contributed by atoms with E-state index in [9.17, 15) is 4.79 Å². The van der Waals surface area contributed by atoms with Gasteiger partial charge in [-0.15, -0.1) is 0 Å². The van der Waals surface area contributed by atoms with E-state index in [4.69, 9.17) is 18.9 Å². The van der Waals surface area contributed by atoms with Crippen molar-refractivity contribution in [2.75, 3.05) is 34.0 Å². The average Bonchev–Trinajstić information content (AvgIpc) is 2.74. The minimum absolute atomic E-state index is 0.127. The summed E-state index contributed by atoms with van der Waals surface area (Å²) in [7, 11) is 3.21. The SMILES string of the molecule is COc1ccc(CCNC(=O)c2ccc(OC3CCOCC3)nc2)cc1OC. The van der Waals surface area contributed by atoms with Crippen molar-refractivity contribution in [3.63, 3.8) is 0 Å². The summed E-state index contributed by atoms with van der Waals surface area (Å²) in [5.74, 6) is 1.74. The molecule has 0 unspecified atom stereocenters. The molecule has 7 heteroatoms. The second-order valence-electron chi connectivity index (χ2n) is 6.51.